The number of hydrogen-bond acceptors (Lipinski definition) is 3. The highest BCUT2D eigenvalue weighted by Gasteiger charge is 2.03. The van der Waals surface area contributed by atoms with Crippen molar-refractivity contribution in [3.05, 3.63) is 35.5 Å². The van der Waals surface area contributed by atoms with Crippen molar-refractivity contribution >= 4 is 10.9 Å². The van der Waals surface area contributed by atoms with Gasteiger partial charge in [0.2, 0.25) is 0 Å². The van der Waals surface area contributed by atoms with Crippen molar-refractivity contribution in [2.24, 2.45) is 0 Å². The summed E-state index contributed by atoms with van der Waals surface area (Å²) >= 11 is 0. The van der Waals surface area contributed by atoms with Crippen LogP contribution in [-0.2, 0) is 0 Å². The predicted molar refractivity (Wildman–Crippen MR) is 62.4 cm³/mol. The van der Waals surface area contributed by atoms with E-state index in [1.54, 1.807) is 0 Å². The molecule has 0 saturated carbocycles. The minimum atomic E-state index is 0.622. The molecule has 1 aromatic heterocycles. The average molecular weight is 212 g/mol. The SMILES string of the molecule is CCOc1ccc2cc(C#N)c(C)nc2c1. The quantitative estimate of drug-likeness (QED) is 0.768. The van der Waals surface area contributed by atoms with Crippen LogP contribution in [0.25, 0.3) is 10.9 Å². The molecule has 1 heterocycles. The molecular weight excluding hydrogens is 200 g/mol. The Balaban J connectivity index is 2.59. The van der Waals surface area contributed by atoms with Crippen molar-refractivity contribution in [2.45, 2.75) is 13.8 Å². The molecule has 0 amide bonds. The monoisotopic (exact) mass is 212 g/mol. The smallest absolute Gasteiger partial charge is 0.121 e. The maximum Gasteiger partial charge on any atom is 0.121 e. The molecule has 3 heteroatoms. The van der Waals surface area contributed by atoms with E-state index in [-0.39, 0.29) is 0 Å². The van der Waals surface area contributed by atoms with Crippen LogP contribution in [0.2, 0.25) is 0 Å². The van der Waals surface area contributed by atoms with Gasteiger partial charge in [-0.05, 0) is 32.0 Å². The van der Waals surface area contributed by atoms with E-state index in [0.29, 0.717) is 12.2 Å². The van der Waals surface area contributed by atoms with Gasteiger partial charge in [0.05, 0.1) is 23.4 Å². The molecule has 0 aliphatic rings. The Morgan fingerprint density at radius 3 is 2.88 bits per heavy atom. The third-order valence-corrected chi connectivity index (χ3v) is 2.41. The lowest BCUT2D eigenvalue weighted by Gasteiger charge is -2.05. The van der Waals surface area contributed by atoms with Gasteiger partial charge in [-0.25, -0.2) is 0 Å². The standard InChI is InChI=1S/C13H12N2O/c1-3-16-12-5-4-10-6-11(8-14)9(2)15-13(10)7-12/h4-7H,3H2,1-2H3. The van der Waals surface area contributed by atoms with Gasteiger partial charge in [0, 0.05) is 11.5 Å². The second kappa shape index (κ2) is 4.19. The van der Waals surface area contributed by atoms with Crippen LogP contribution in [0, 0.1) is 18.3 Å². The zero-order valence-corrected chi connectivity index (χ0v) is 9.32. The fourth-order valence-corrected chi connectivity index (χ4v) is 1.61. The summed E-state index contributed by atoms with van der Waals surface area (Å²) in [6.45, 7) is 4.42. The van der Waals surface area contributed by atoms with Crippen molar-refractivity contribution in [3.8, 4) is 11.8 Å². The second-order valence-corrected chi connectivity index (χ2v) is 3.52. The summed E-state index contributed by atoms with van der Waals surface area (Å²) in [4.78, 5) is 4.39. The van der Waals surface area contributed by atoms with Gasteiger partial charge in [-0.3, -0.25) is 4.98 Å². The van der Waals surface area contributed by atoms with E-state index in [1.165, 1.54) is 0 Å². The van der Waals surface area contributed by atoms with Gasteiger partial charge in [0.1, 0.15) is 11.8 Å². The summed E-state index contributed by atoms with van der Waals surface area (Å²) in [5, 5.41) is 9.87. The lowest BCUT2D eigenvalue weighted by Crippen LogP contribution is -1.93. The molecule has 0 spiro atoms. The van der Waals surface area contributed by atoms with E-state index >= 15 is 0 Å². The fourth-order valence-electron chi connectivity index (χ4n) is 1.61. The van der Waals surface area contributed by atoms with Crippen LogP contribution in [0.4, 0.5) is 0 Å². The molecule has 0 atom stereocenters. The molecule has 0 bridgehead atoms. The third-order valence-electron chi connectivity index (χ3n) is 2.41. The minimum absolute atomic E-state index is 0.622. The molecule has 3 nitrogen and oxygen atoms in total. The first-order chi connectivity index (χ1) is 7.74. The summed E-state index contributed by atoms with van der Waals surface area (Å²) in [6, 6.07) is 9.70. The maximum absolute atomic E-state index is 8.90. The van der Waals surface area contributed by atoms with Crippen LogP contribution in [0.3, 0.4) is 0 Å². The van der Waals surface area contributed by atoms with Gasteiger partial charge in [0.15, 0.2) is 0 Å². The van der Waals surface area contributed by atoms with Crippen molar-refractivity contribution in [1.29, 1.82) is 5.26 Å². The van der Waals surface area contributed by atoms with E-state index in [9.17, 15) is 0 Å². The molecule has 80 valence electrons. The highest BCUT2D eigenvalue weighted by atomic mass is 16.5. The number of aryl methyl sites for hydroxylation is 1. The first-order valence-electron chi connectivity index (χ1n) is 5.19. The van der Waals surface area contributed by atoms with Crippen LogP contribution in [0.5, 0.6) is 5.75 Å². The molecule has 0 saturated heterocycles. The molecule has 0 unspecified atom stereocenters. The van der Waals surface area contributed by atoms with Crippen LogP contribution in [0.1, 0.15) is 18.2 Å². The van der Waals surface area contributed by atoms with E-state index in [0.717, 1.165) is 22.3 Å². The maximum atomic E-state index is 8.90. The normalized spacial score (nSPS) is 10.1. The van der Waals surface area contributed by atoms with Crippen molar-refractivity contribution in [2.75, 3.05) is 6.61 Å². The van der Waals surface area contributed by atoms with Crippen molar-refractivity contribution in [3.63, 3.8) is 0 Å². The molecule has 0 aliphatic heterocycles. The summed E-state index contributed by atoms with van der Waals surface area (Å²) in [5.41, 5.74) is 2.24. The Hall–Kier alpha value is -2.08. The van der Waals surface area contributed by atoms with Crippen molar-refractivity contribution in [1.82, 2.24) is 4.98 Å². The Labute approximate surface area is 94.3 Å². The van der Waals surface area contributed by atoms with Gasteiger partial charge in [-0.1, -0.05) is 0 Å². The van der Waals surface area contributed by atoms with Crippen molar-refractivity contribution < 1.29 is 4.74 Å². The number of nitrogens with zero attached hydrogens (tertiary/aromatic N) is 2. The zero-order chi connectivity index (χ0) is 11.5. The van der Waals surface area contributed by atoms with Gasteiger partial charge < -0.3 is 4.74 Å². The number of hydrogen-bond donors (Lipinski definition) is 0. The number of nitriles is 1. The molecule has 1 aromatic carbocycles. The van der Waals surface area contributed by atoms with Gasteiger partial charge >= 0.3 is 0 Å². The van der Waals surface area contributed by atoms with Crippen LogP contribution in [0.15, 0.2) is 24.3 Å². The largest absolute Gasteiger partial charge is 0.494 e. The molecule has 0 N–H and O–H groups in total. The number of pyridine rings is 1. The highest BCUT2D eigenvalue weighted by molar-refractivity contribution is 5.81. The summed E-state index contributed by atoms with van der Waals surface area (Å²) < 4.78 is 5.41. The Bertz CT molecular complexity index is 570. The number of benzene rings is 1. The van der Waals surface area contributed by atoms with Crippen LogP contribution in [-0.4, -0.2) is 11.6 Å². The van der Waals surface area contributed by atoms with Gasteiger partial charge in [0.25, 0.3) is 0 Å². The molecule has 2 aromatic rings. The lowest BCUT2D eigenvalue weighted by atomic mass is 10.1. The first-order valence-corrected chi connectivity index (χ1v) is 5.19. The number of fused-ring (bicyclic) bond motifs is 1. The fraction of sp³-hybridized carbons (Fsp3) is 0.231. The van der Waals surface area contributed by atoms with E-state index in [4.69, 9.17) is 10.00 Å². The Morgan fingerprint density at radius 2 is 2.19 bits per heavy atom. The highest BCUT2D eigenvalue weighted by Crippen LogP contribution is 2.21. The Kier molecular flexibility index (Phi) is 2.74. The summed E-state index contributed by atoms with van der Waals surface area (Å²) in [5.74, 6) is 0.812. The lowest BCUT2D eigenvalue weighted by molar-refractivity contribution is 0.340. The van der Waals surface area contributed by atoms with Gasteiger partial charge in [-0.15, -0.1) is 0 Å². The summed E-state index contributed by atoms with van der Waals surface area (Å²) in [6.07, 6.45) is 0. The first kappa shape index (κ1) is 10.4. The second-order valence-electron chi connectivity index (χ2n) is 3.52. The van der Waals surface area contributed by atoms with Crippen LogP contribution >= 0.6 is 0 Å². The molecule has 0 fully saturated rings. The predicted octanol–water partition coefficient (Wildman–Crippen LogP) is 2.81. The Morgan fingerprint density at radius 1 is 1.38 bits per heavy atom. The third kappa shape index (κ3) is 1.82. The molecule has 2 rings (SSSR count). The molecule has 0 radical (unpaired) electrons. The molecule has 0 aliphatic carbocycles. The minimum Gasteiger partial charge on any atom is -0.494 e. The summed E-state index contributed by atoms with van der Waals surface area (Å²) in [7, 11) is 0. The van der Waals surface area contributed by atoms with E-state index in [1.807, 2.05) is 38.1 Å². The van der Waals surface area contributed by atoms with Gasteiger partial charge in [-0.2, -0.15) is 5.26 Å². The number of rotatable bonds is 2. The van der Waals surface area contributed by atoms with E-state index < -0.39 is 0 Å². The average Bonchev–Trinajstić information content (AvgIpc) is 2.28. The molecule has 16 heavy (non-hydrogen) atoms. The zero-order valence-electron chi connectivity index (χ0n) is 9.32. The van der Waals surface area contributed by atoms with E-state index in [2.05, 4.69) is 11.1 Å². The van der Waals surface area contributed by atoms with Crippen LogP contribution < -0.4 is 4.74 Å². The molecular formula is C13H12N2O. The number of ether oxygens (including phenoxy) is 1. The topological polar surface area (TPSA) is 45.9 Å². The number of aromatic nitrogens is 1.